The van der Waals surface area contributed by atoms with Crippen LogP contribution in [0.3, 0.4) is 0 Å². The van der Waals surface area contributed by atoms with Crippen LogP contribution in [0.2, 0.25) is 5.02 Å². The maximum atomic E-state index is 6.19. The van der Waals surface area contributed by atoms with E-state index in [1.807, 2.05) is 43.3 Å². The monoisotopic (exact) mass is 367 g/mol. The smallest absolute Gasteiger partial charge is 0.249 e. The summed E-state index contributed by atoms with van der Waals surface area (Å²) < 4.78 is 0. The summed E-state index contributed by atoms with van der Waals surface area (Å²) in [5.41, 5.74) is 3.08. The van der Waals surface area contributed by atoms with Gasteiger partial charge in [0.05, 0.1) is 6.20 Å². The molecule has 0 saturated carbocycles. The van der Waals surface area contributed by atoms with Crippen LogP contribution in [0, 0.1) is 6.92 Å². The van der Waals surface area contributed by atoms with Crippen molar-refractivity contribution in [3.63, 3.8) is 0 Å². The molecule has 1 aromatic heterocycles. The van der Waals surface area contributed by atoms with Gasteiger partial charge in [0.2, 0.25) is 5.95 Å². The molecule has 134 valence electrons. The van der Waals surface area contributed by atoms with Gasteiger partial charge in [0.1, 0.15) is 0 Å². The molecule has 0 atom stereocenters. The predicted octanol–water partition coefficient (Wildman–Crippen LogP) is 4.99. The van der Waals surface area contributed by atoms with E-state index in [0.29, 0.717) is 11.0 Å². The SMILES string of the molecule is Cc1ccc(Nc2nncc(N(Cc3ccccc3)C(C)C)n2)cc1Cl. The fraction of sp³-hybridized carbons (Fsp3) is 0.250. The van der Waals surface area contributed by atoms with Gasteiger partial charge in [-0.3, -0.25) is 0 Å². The zero-order chi connectivity index (χ0) is 18.5. The molecule has 0 amide bonds. The van der Waals surface area contributed by atoms with E-state index in [9.17, 15) is 0 Å². The fourth-order valence-corrected chi connectivity index (χ4v) is 2.77. The maximum absolute atomic E-state index is 6.19. The number of hydrogen-bond acceptors (Lipinski definition) is 5. The quantitative estimate of drug-likeness (QED) is 0.665. The zero-order valence-corrected chi connectivity index (χ0v) is 15.9. The molecule has 0 saturated heterocycles. The number of nitrogens with one attached hydrogen (secondary N) is 1. The van der Waals surface area contributed by atoms with Gasteiger partial charge in [0.15, 0.2) is 5.82 Å². The van der Waals surface area contributed by atoms with Gasteiger partial charge in [0, 0.05) is 23.3 Å². The number of hydrogen-bond donors (Lipinski definition) is 1. The summed E-state index contributed by atoms with van der Waals surface area (Å²) in [6.07, 6.45) is 1.69. The maximum Gasteiger partial charge on any atom is 0.249 e. The molecule has 0 spiro atoms. The van der Waals surface area contributed by atoms with Gasteiger partial charge >= 0.3 is 0 Å². The molecule has 6 heteroatoms. The molecule has 0 radical (unpaired) electrons. The second kappa shape index (κ2) is 8.15. The average Bonchev–Trinajstić information content (AvgIpc) is 2.64. The molecule has 1 N–H and O–H groups in total. The largest absolute Gasteiger partial charge is 0.348 e. The minimum atomic E-state index is 0.272. The number of halogens is 1. The first kappa shape index (κ1) is 18.1. The molecule has 0 unspecified atom stereocenters. The number of aromatic nitrogens is 3. The lowest BCUT2D eigenvalue weighted by atomic mass is 10.2. The zero-order valence-electron chi connectivity index (χ0n) is 15.1. The highest BCUT2D eigenvalue weighted by Crippen LogP contribution is 2.23. The minimum absolute atomic E-state index is 0.272. The molecule has 2 aromatic carbocycles. The van der Waals surface area contributed by atoms with Gasteiger partial charge in [-0.1, -0.05) is 48.0 Å². The van der Waals surface area contributed by atoms with Crippen LogP contribution in [0.15, 0.2) is 54.7 Å². The normalized spacial score (nSPS) is 10.8. The Kier molecular flexibility index (Phi) is 5.68. The molecule has 5 nitrogen and oxygen atoms in total. The van der Waals surface area contributed by atoms with Gasteiger partial charge in [-0.15, -0.1) is 5.10 Å². The van der Waals surface area contributed by atoms with Crippen molar-refractivity contribution in [1.29, 1.82) is 0 Å². The Hall–Kier alpha value is -2.66. The van der Waals surface area contributed by atoms with Crippen molar-refractivity contribution >= 4 is 29.1 Å². The standard InChI is InChI=1S/C20H22ClN5/c1-14(2)26(13-16-7-5-4-6-8-16)19-12-22-25-20(24-19)23-17-10-9-15(3)18(21)11-17/h4-12,14H,13H2,1-3H3,(H,23,24,25). The number of benzene rings is 2. The predicted molar refractivity (Wildman–Crippen MR) is 107 cm³/mol. The van der Waals surface area contributed by atoms with Gasteiger partial charge in [-0.2, -0.15) is 10.1 Å². The van der Waals surface area contributed by atoms with E-state index in [0.717, 1.165) is 23.6 Å². The lowest BCUT2D eigenvalue weighted by molar-refractivity contribution is 0.668. The van der Waals surface area contributed by atoms with Gasteiger partial charge in [0.25, 0.3) is 0 Å². The minimum Gasteiger partial charge on any atom is -0.348 e. The summed E-state index contributed by atoms with van der Waals surface area (Å²) in [5.74, 6) is 1.22. The Morgan fingerprint density at radius 3 is 2.58 bits per heavy atom. The molecule has 0 aliphatic carbocycles. The van der Waals surface area contributed by atoms with Crippen molar-refractivity contribution < 1.29 is 0 Å². The topological polar surface area (TPSA) is 53.9 Å². The van der Waals surface area contributed by atoms with Crippen molar-refractivity contribution in [3.8, 4) is 0 Å². The highest BCUT2D eigenvalue weighted by atomic mass is 35.5. The van der Waals surface area contributed by atoms with E-state index in [2.05, 4.69) is 51.4 Å². The third kappa shape index (κ3) is 4.49. The Bertz CT molecular complexity index is 867. The van der Waals surface area contributed by atoms with Gasteiger partial charge in [-0.25, -0.2) is 0 Å². The highest BCUT2D eigenvalue weighted by molar-refractivity contribution is 6.31. The summed E-state index contributed by atoms with van der Waals surface area (Å²) in [4.78, 5) is 6.83. The van der Waals surface area contributed by atoms with Crippen LogP contribution in [-0.2, 0) is 6.54 Å². The first-order chi connectivity index (χ1) is 12.5. The van der Waals surface area contributed by atoms with E-state index >= 15 is 0 Å². The first-order valence-corrected chi connectivity index (χ1v) is 8.94. The highest BCUT2D eigenvalue weighted by Gasteiger charge is 2.14. The number of nitrogens with zero attached hydrogens (tertiary/aromatic N) is 4. The summed E-state index contributed by atoms with van der Waals surface area (Å²) in [6, 6.07) is 16.4. The molecule has 0 aliphatic heterocycles. The van der Waals surface area contributed by atoms with Crippen molar-refractivity contribution in [2.24, 2.45) is 0 Å². The van der Waals surface area contributed by atoms with Crippen LogP contribution in [0.25, 0.3) is 0 Å². The van der Waals surface area contributed by atoms with Crippen LogP contribution < -0.4 is 10.2 Å². The van der Waals surface area contributed by atoms with E-state index < -0.39 is 0 Å². The molecular formula is C20H22ClN5. The lowest BCUT2D eigenvalue weighted by Crippen LogP contribution is -2.31. The van der Waals surface area contributed by atoms with Crippen LogP contribution in [-0.4, -0.2) is 21.2 Å². The molecule has 0 aliphatic rings. The molecule has 0 fully saturated rings. The second-order valence-electron chi connectivity index (χ2n) is 6.43. The summed E-state index contributed by atoms with van der Waals surface area (Å²) in [5, 5.41) is 12.1. The van der Waals surface area contributed by atoms with Crippen LogP contribution in [0.4, 0.5) is 17.5 Å². The molecule has 0 bridgehead atoms. The van der Waals surface area contributed by atoms with Gasteiger partial charge < -0.3 is 10.2 Å². The lowest BCUT2D eigenvalue weighted by Gasteiger charge is -2.27. The van der Waals surface area contributed by atoms with Crippen molar-refractivity contribution in [2.45, 2.75) is 33.4 Å². The van der Waals surface area contributed by atoms with Crippen LogP contribution >= 0.6 is 11.6 Å². The third-order valence-corrected chi connectivity index (χ3v) is 4.49. The molecule has 1 heterocycles. The Morgan fingerprint density at radius 2 is 1.88 bits per heavy atom. The summed E-state index contributed by atoms with van der Waals surface area (Å²) in [6.45, 7) is 7.00. The van der Waals surface area contributed by atoms with Crippen molar-refractivity contribution in [2.75, 3.05) is 10.2 Å². The molecular weight excluding hydrogens is 346 g/mol. The molecule has 26 heavy (non-hydrogen) atoms. The first-order valence-electron chi connectivity index (χ1n) is 8.56. The third-order valence-electron chi connectivity index (χ3n) is 4.09. The Labute approximate surface area is 159 Å². The van der Waals surface area contributed by atoms with E-state index in [4.69, 9.17) is 11.6 Å². The Morgan fingerprint density at radius 1 is 1.12 bits per heavy atom. The van der Waals surface area contributed by atoms with E-state index in [-0.39, 0.29) is 6.04 Å². The fourth-order valence-electron chi connectivity index (χ4n) is 2.59. The summed E-state index contributed by atoms with van der Waals surface area (Å²) >= 11 is 6.19. The molecule has 3 rings (SSSR count). The van der Waals surface area contributed by atoms with E-state index in [1.165, 1.54) is 5.56 Å². The van der Waals surface area contributed by atoms with Crippen molar-refractivity contribution in [3.05, 3.63) is 70.9 Å². The second-order valence-corrected chi connectivity index (χ2v) is 6.84. The average molecular weight is 368 g/mol. The van der Waals surface area contributed by atoms with Crippen molar-refractivity contribution in [1.82, 2.24) is 15.2 Å². The number of anilines is 3. The van der Waals surface area contributed by atoms with Crippen LogP contribution in [0.1, 0.15) is 25.0 Å². The number of rotatable bonds is 6. The van der Waals surface area contributed by atoms with E-state index in [1.54, 1.807) is 6.20 Å². The van der Waals surface area contributed by atoms with Gasteiger partial charge in [-0.05, 0) is 44.0 Å². The van der Waals surface area contributed by atoms with Crippen LogP contribution in [0.5, 0.6) is 0 Å². The molecule has 3 aromatic rings. The summed E-state index contributed by atoms with van der Waals surface area (Å²) in [7, 11) is 0. The Balaban J connectivity index is 1.82. The number of aryl methyl sites for hydroxylation is 1.